The van der Waals surface area contributed by atoms with Gasteiger partial charge in [-0.15, -0.1) is 0 Å². The van der Waals surface area contributed by atoms with Crippen LogP contribution in [0.15, 0.2) is 46.5 Å². The second-order valence-corrected chi connectivity index (χ2v) is 6.69. The summed E-state index contributed by atoms with van der Waals surface area (Å²) < 4.78 is 7.08. The second-order valence-electron chi connectivity index (χ2n) is 5.92. The highest BCUT2D eigenvalue weighted by Gasteiger charge is 2.20. The Morgan fingerprint density at radius 1 is 1.26 bits per heavy atom. The van der Waals surface area contributed by atoms with E-state index in [0.717, 1.165) is 12.0 Å². The fraction of sp³-hybridized carbons (Fsp3) is 0.263. The number of ether oxygens (including phenoxy) is 1. The molecular formula is C19H20N4O3S. The summed E-state index contributed by atoms with van der Waals surface area (Å²) in [6.07, 6.45) is 4.13. The maximum atomic E-state index is 12.9. The van der Waals surface area contributed by atoms with Crippen molar-refractivity contribution >= 4 is 34.6 Å². The molecule has 2 aromatic heterocycles. The predicted octanol–water partition coefficient (Wildman–Crippen LogP) is 2.86. The Kier molecular flexibility index (Phi) is 5.75. The summed E-state index contributed by atoms with van der Waals surface area (Å²) in [5.74, 6) is -0.624. The maximum Gasteiger partial charge on any atom is 0.344 e. The number of carbonyl (C=O) groups excluding carboxylic acids is 1. The molecule has 2 N–H and O–H groups in total. The van der Waals surface area contributed by atoms with Gasteiger partial charge >= 0.3 is 5.97 Å². The monoisotopic (exact) mass is 384 g/mol. The first-order chi connectivity index (χ1) is 13.0. The first kappa shape index (κ1) is 18.9. The fourth-order valence-electron chi connectivity index (χ4n) is 2.73. The lowest BCUT2D eigenvalue weighted by atomic mass is 10.2. The summed E-state index contributed by atoms with van der Waals surface area (Å²) in [6, 6.07) is 9.28. The molecule has 0 fully saturated rings. The number of hydrogen-bond acceptors (Lipinski definition) is 7. The summed E-state index contributed by atoms with van der Waals surface area (Å²) >= 11 is 1.34. The average Bonchev–Trinajstić information content (AvgIpc) is 2.68. The highest BCUT2D eigenvalue weighted by molar-refractivity contribution is 7.98. The Bertz CT molecular complexity index is 1030. The largest absolute Gasteiger partial charge is 0.457 e. The van der Waals surface area contributed by atoms with Crippen LogP contribution in [0.4, 0.5) is 5.82 Å². The molecule has 0 aliphatic carbocycles. The zero-order chi connectivity index (χ0) is 19.4. The molecule has 0 atom stereocenters. The number of nitrogens with zero attached hydrogens (tertiary/aromatic N) is 3. The van der Waals surface area contributed by atoms with Crippen LogP contribution in [0.1, 0.15) is 29.3 Å². The van der Waals surface area contributed by atoms with Crippen molar-refractivity contribution in [3.63, 3.8) is 0 Å². The van der Waals surface area contributed by atoms with Crippen LogP contribution in [0.2, 0.25) is 0 Å². The first-order valence-electron chi connectivity index (χ1n) is 8.50. The van der Waals surface area contributed by atoms with E-state index in [2.05, 4.69) is 9.97 Å². The van der Waals surface area contributed by atoms with Gasteiger partial charge < -0.3 is 15.0 Å². The van der Waals surface area contributed by atoms with E-state index in [0.29, 0.717) is 17.3 Å². The van der Waals surface area contributed by atoms with Gasteiger partial charge in [-0.1, -0.05) is 49.0 Å². The molecule has 0 aliphatic rings. The molecule has 7 nitrogen and oxygen atoms in total. The number of nitrogen functional groups attached to an aromatic ring is 1. The Hall–Kier alpha value is -2.87. The Balaban J connectivity index is 2.05. The zero-order valence-corrected chi connectivity index (χ0v) is 16.0. The van der Waals surface area contributed by atoms with Gasteiger partial charge in [-0.05, 0) is 18.2 Å². The normalized spacial score (nSPS) is 10.9. The minimum absolute atomic E-state index is 0.0666. The molecule has 27 heavy (non-hydrogen) atoms. The molecule has 0 amide bonds. The molecule has 0 unspecified atom stereocenters. The molecule has 3 rings (SSSR count). The van der Waals surface area contributed by atoms with Crippen LogP contribution in [0.5, 0.6) is 0 Å². The number of anilines is 1. The van der Waals surface area contributed by atoms with Crippen molar-refractivity contribution in [1.29, 1.82) is 0 Å². The number of fused-ring (bicyclic) bond motifs is 1. The Morgan fingerprint density at radius 3 is 2.67 bits per heavy atom. The van der Waals surface area contributed by atoms with Crippen molar-refractivity contribution in [2.75, 3.05) is 12.0 Å². The standard InChI is InChI=1S/C19H20N4O3S/c1-3-9-23-10-13(18(25)26-11-12-7-5-4-6-8-12)15(24)14-16(20)21-19(27-2)22-17(14)23/h4-8,10H,3,9,11H2,1-2H3,(H2,20,21,22). The van der Waals surface area contributed by atoms with Crippen LogP contribution in [-0.4, -0.2) is 26.8 Å². The third kappa shape index (κ3) is 3.95. The Morgan fingerprint density at radius 2 is 2.00 bits per heavy atom. The third-order valence-corrected chi connectivity index (χ3v) is 4.55. The number of pyridine rings is 1. The first-order valence-corrected chi connectivity index (χ1v) is 9.73. The maximum absolute atomic E-state index is 12.9. The number of aryl methyl sites for hydroxylation is 1. The highest BCUT2D eigenvalue weighted by atomic mass is 32.2. The Labute approximate surface area is 160 Å². The summed E-state index contributed by atoms with van der Waals surface area (Å²) in [5.41, 5.74) is 6.69. The second kappa shape index (κ2) is 8.22. The number of thioether (sulfide) groups is 1. The fourth-order valence-corrected chi connectivity index (χ4v) is 3.10. The lowest BCUT2D eigenvalue weighted by Crippen LogP contribution is -2.23. The van der Waals surface area contributed by atoms with Crippen molar-refractivity contribution in [2.24, 2.45) is 0 Å². The molecule has 3 aromatic rings. The van der Waals surface area contributed by atoms with Crippen molar-refractivity contribution in [3.8, 4) is 0 Å². The minimum atomic E-state index is -0.691. The lowest BCUT2D eigenvalue weighted by molar-refractivity contribution is 0.0470. The summed E-state index contributed by atoms with van der Waals surface area (Å²) in [4.78, 5) is 34.0. The van der Waals surface area contributed by atoms with Gasteiger partial charge in [0.2, 0.25) is 5.43 Å². The summed E-state index contributed by atoms with van der Waals surface area (Å²) in [7, 11) is 0. The van der Waals surface area contributed by atoms with Crippen LogP contribution < -0.4 is 11.2 Å². The van der Waals surface area contributed by atoms with Gasteiger partial charge in [-0.25, -0.2) is 14.8 Å². The van der Waals surface area contributed by atoms with E-state index in [1.165, 1.54) is 18.0 Å². The van der Waals surface area contributed by atoms with E-state index in [4.69, 9.17) is 10.5 Å². The van der Waals surface area contributed by atoms with Gasteiger partial charge in [0.15, 0.2) is 10.8 Å². The van der Waals surface area contributed by atoms with Crippen LogP contribution >= 0.6 is 11.8 Å². The quantitative estimate of drug-likeness (QED) is 0.396. The van der Waals surface area contributed by atoms with E-state index in [1.54, 1.807) is 4.57 Å². The molecule has 1 aromatic carbocycles. The number of esters is 1. The molecule has 0 aliphatic heterocycles. The van der Waals surface area contributed by atoms with E-state index in [1.807, 2.05) is 43.5 Å². The van der Waals surface area contributed by atoms with Crippen LogP contribution in [-0.2, 0) is 17.9 Å². The van der Waals surface area contributed by atoms with Gasteiger partial charge in [0.1, 0.15) is 23.4 Å². The highest BCUT2D eigenvalue weighted by Crippen LogP contribution is 2.20. The average molecular weight is 384 g/mol. The lowest BCUT2D eigenvalue weighted by Gasteiger charge is -2.13. The predicted molar refractivity (Wildman–Crippen MR) is 106 cm³/mol. The minimum Gasteiger partial charge on any atom is -0.457 e. The molecule has 140 valence electrons. The van der Waals surface area contributed by atoms with E-state index in [-0.39, 0.29) is 23.4 Å². The molecule has 0 spiro atoms. The molecule has 2 heterocycles. The van der Waals surface area contributed by atoms with Crippen LogP contribution in [0, 0.1) is 0 Å². The smallest absolute Gasteiger partial charge is 0.344 e. The van der Waals surface area contributed by atoms with Crippen LogP contribution in [0.25, 0.3) is 11.0 Å². The molecule has 0 radical (unpaired) electrons. The SMILES string of the molecule is CCCn1cc(C(=O)OCc2ccccc2)c(=O)c2c(N)nc(SC)nc21. The van der Waals surface area contributed by atoms with Gasteiger partial charge in [0.05, 0.1) is 0 Å². The number of benzene rings is 1. The molecule has 8 heteroatoms. The molecule has 0 bridgehead atoms. The topological polar surface area (TPSA) is 100 Å². The van der Waals surface area contributed by atoms with E-state index in [9.17, 15) is 9.59 Å². The molecule has 0 saturated heterocycles. The third-order valence-electron chi connectivity index (χ3n) is 4.01. The van der Waals surface area contributed by atoms with Gasteiger partial charge in [-0.2, -0.15) is 0 Å². The number of carbonyl (C=O) groups is 1. The van der Waals surface area contributed by atoms with Crippen molar-refractivity contribution in [3.05, 3.63) is 57.9 Å². The summed E-state index contributed by atoms with van der Waals surface area (Å²) in [5, 5.41) is 0.624. The van der Waals surface area contributed by atoms with E-state index < -0.39 is 11.4 Å². The van der Waals surface area contributed by atoms with Crippen molar-refractivity contribution in [1.82, 2.24) is 14.5 Å². The van der Waals surface area contributed by atoms with E-state index >= 15 is 0 Å². The van der Waals surface area contributed by atoms with Crippen LogP contribution in [0.3, 0.4) is 0 Å². The number of aromatic nitrogens is 3. The summed E-state index contributed by atoms with van der Waals surface area (Å²) in [6.45, 7) is 2.67. The zero-order valence-electron chi connectivity index (χ0n) is 15.1. The number of hydrogen-bond donors (Lipinski definition) is 1. The molecular weight excluding hydrogens is 364 g/mol. The molecule has 0 saturated carbocycles. The number of nitrogens with two attached hydrogens (primary N) is 1. The van der Waals surface area contributed by atoms with Gasteiger partial charge in [0, 0.05) is 12.7 Å². The van der Waals surface area contributed by atoms with Crippen molar-refractivity contribution in [2.45, 2.75) is 31.7 Å². The van der Waals surface area contributed by atoms with Crippen molar-refractivity contribution < 1.29 is 9.53 Å². The van der Waals surface area contributed by atoms with Gasteiger partial charge in [0.25, 0.3) is 0 Å². The number of rotatable bonds is 6. The van der Waals surface area contributed by atoms with Gasteiger partial charge in [-0.3, -0.25) is 4.79 Å².